The Morgan fingerprint density at radius 1 is 0.918 bits per heavy atom. The number of hydrogen-bond donors (Lipinski definition) is 4. The Balaban J connectivity index is 0.889. The van der Waals surface area contributed by atoms with Crippen molar-refractivity contribution in [3.05, 3.63) is 59.0 Å². The van der Waals surface area contributed by atoms with Gasteiger partial charge in [0, 0.05) is 71.0 Å². The molecule has 0 bridgehead atoms. The van der Waals surface area contributed by atoms with Gasteiger partial charge in [-0.1, -0.05) is 50.1 Å². The monoisotopic (exact) mass is 848 g/mol. The van der Waals surface area contributed by atoms with E-state index in [-0.39, 0.29) is 24.2 Å². The number of fused-ring (bicyclic) bond motifs is 1. The molecule has 1 aliphatic rings. The number of aryl methyl sites for hydroxylation is 1. The Kier molecular flexibility index (Phi) is 18.7. The molecule has 2 amide bonds. The smallest absolute Gasteiger partial charge is 0.304 e. The highest BCUT2D eigenvalue weighted by Gasteiger charge is 2.22. The number of benzene rings is 1. The summed E-state index contributed by atoms with van der Waals surface area (Å²) in [7, 11) is 0. The molecule has 1 aromatic carbocycles. The third-order valence-corrected chi connectivity index (χ3v) is 10.8. The number of nitrogens with one attached hydrogen (secondary N) is 2. The number of amides is 2. The van der Waals surface area contributed by atoms with E-state index in [1.807, 2.05) is 11.0 Å². The molecule has 1 saturated heterocycles. The van der Waals surface area contributed by atoms with Crippen molar-refractivity contribution < 1.29 is 33.7 Å². The molecule has 0 spiro atoms. The lowest BCUT2D eigenvalue weighted by molar-refractivity contribution is -0.141. The molecule has 61 heavy (non-hydrogen) atoms. The number of ether oxygens (including phenoxy) is 3. The number of aromatic nitrogens is 6. The highest BCUT2D eigenvalue weighted by molar-refractivity contribution is 5.87. The van der Waals surface area contributed by atoms with Crippen LogP contribution in [0.5, 0.6) is 0 Å². The number of unbranched alkanes of at least 4 members (excludes halogenated alkanes) is 2. The standard InChI is InChI=1S/C43H65N11O7/c1-5-6-7-13-45-41-40-36(47-43(44)48-41)12-14-53(40)29-35-11-10-34(26-31(35)2)28-51-15-17-52(18-16-51)38(55)9-8-20-59-22-24-61-25-23-60-21-19-54-30-37(49-50-54)33(4)46-42(58)32(3)27-39(56)57/h10-12,14,26,30,32-33H,5-9,13,15-25,27-29H2,1-4H3,(H,46,58)(H,56,57)(H3,44,45,47,48). The number of carbonyl (C=O) groups is 3. The molecule has 5 rings (SSSR count). The molecule has 2 atom stereocenters. The highest BCUT2D eigenvalue weighted by atomic mass is 16.5. The van der Waals surface area contributed by atoms with Gasteiger partial charge in [0.1, 0.15) is 11.2 Å². The summed E-state index contributed by atoms with van der Waals surface area (Å²) in [6.07, 6.45) is 8.09. The van der Waals surface area contributed by atoms with Crippen LogP contribution >= 0.6 is 0 Å². The van der Waals surface area contributed by atoms with Crippen LogP contribution in [0.3, 0.4) is 0 Å². The Labute approximate surface area is 358 Å². The Hall–Kier alpha value is -5.17. The van der Waals surface area contributed by atoms with E-state index >= 15 is 0 Å². The zero-order chi connectivity index (χ0) is 43.6. The fraction of sp³-hybridized carbons (Fsp3) is 0.605. The van der Waals surface area contributed by atoms with Crippen molar-refractivity contribution in [3.8, 4) is 0 Å². The molecule has 18 heteroatoms. The number of aliphatic carboxylic acids is 1. The van der Waals surface area contributed by atoms with Gasteiger partial charge in [0.15, 0.2) is 5.82 Å². The van der Waals surface area contributed by atoms with Crippen LogP contribution in [0.15, 0.2) is 36.7 Å². The fourth-order valence-electron chi connectivity index (χ4n) is 7.18. The molecule has 4 heterocycles. The second kappa shape index (κ2) is 24.3. The van der Waals surface area contributed by atoms with Crippen LogP contribution in [0, 0.1) is 12.8 Å². The van der Waals surface area contributed by atoms with Crippen LogP contribution in [0.25, 0.3) is 11.0 Å². The predicted molar refractivity (Wildman–Crippen MR) is 232 cm³/mol. The quantitative estimate of drug-likeness (QED) is 0.0624. The largest absolute Gasteiger partial charge is 0.481 e. The van der Waals surface area contributed by atoms with E-state index in [0.29, 0.717) is 71.3 Å². The Bertz CT molecular complexity index is 2000. The van der Waals surface area contributed by atoms with Gasteiger partial charge >= 0.3 is 5.97 Å². The van der Waals surface area contributed by atoms with Crippen LogP contribution in [-0.4, -0.2) is 135 Å². The number of nitrogen functional groups attached to an aromatic ring is 1. The lowest BCUT2D eigenvalue weighted by atomic mass is 10.0. The van der Waals surface area contributed by atoms with Gasteiger partial charge in [-0.25, -0.2) is 9.67 Å². The van der Waals surface area contributed by atoms with E-state index in [9.17, 15) is 14.4 Å². The number of rotatable bonds is 27. The van der Waals surface area contributed by atoms with Gasteiger partial charge in [0.25, 0.3) is 0 Å². The Morgan fingerprint density at radius 3 is 2.38 bits per heavy atom. The van der Waals surface area contributed by atoms with E-state index in [1.165, 1.54) is 23.1 Å². The average Bonchev–Trinajstić information content (AvgIpc) is 3.88. The molecule has 18 nitrogen and oxygen atoms in total. The summed E-state index contributed by atoms with van der Waals surface area (Å²) in [5, 5.41) is 23.3. The molecule has 0 aliphatic carbocycles. The van der Waals surface area contributed by atoms with E-state index < -0.39 is 17.9 Å². The highest BCUT2D eigenvalue weighted by Crippen LogP contribution is 2.25. The molecular formula is C43H65N11O7. The molecule has 4 aromatic rings. The lowest BCUT2D eigenvalue weighted by Crippen LogP contribution is -2.48. The summed E-state index contributed by atoms with van der Waals surface area (Å²) < 4.78 is 20.7. The van der Waals surface area contributed by atoms with Crippen molar-refractivity contribution in [2.75, 3.05) is 83.4 Å². The molecule has 5 N–H and O–H groups in total. The van der Waals surface area contributed by atoms with E-state index in [4.69, 9.17) is 25.1 Å². The van der Waals surface area contributed by atoms with Gasteiger partial charge < -0.3 is 45.2 Å². The molecular weight excluding hydrogens is 783 g/mol. The number of carboxylic acid groups (broad SMARTS) is 1. The summed E-state index contributed by atoms with van der Waals surface area (Å²) in [4.78, 5) is 49.3. The van der Waals surface area contributed by atoms with Crippen LogP contribution in [0.4, 0.5) is 11.8 Å². The van der Waals surface area contributed by atoms with Crippen molar-refractivity contribution in [2.24, 2.45) is 5.92 Å². The summed E-state index contributed by atoms with van der Waals surface area (Å²) in [6.45, 7) is 16.4. The van der Waals surface area contributed by atoms with E-state index in [2.05, 4.69) is 78.6 Å². The molecule has 3 aromatic heterocycles. The molecule has 2 unspecified atom stereocenters. The maximum absolute atomic E-state index is 12.9. The minimum Gasteiger partial charge on any atom is -0.481 e. The van der Waals surface area contributed by atoms with Crippen LogP contribution in [0.1, 0.15) is 87.7 Å². The zero-order valence-electron chi connectivity index (χ0n) is 36.3. The van der Waals surface area contributed by atoms with Crippen molar-refractivity contribution in [1.82, 2.24) is 44.6 Å². The van der Waals surface area contributed by atoms with Crippen molar-refractivity contribution in [1.29, 1.82) is 0 Å². The summed E-state index contributed by atoms with van der Waals surface area (Å²) in [5.74, 6) is -0.768. The molecule has 334 valence electrons. The zero-order valence-corrected chi connectivity index (χ0v) is 36.3. The van der Waals surface area contributed by atoms with Gasteiger partial charge in [0.2, 0.25) is 17.8 Å². The fourth-order valence-corrected chi connectivity index (χ4v) is 7.18. The van der Waals surface area contributed by atoms with E-state index in [1.54, 1.807) is 24.7 Å². The number of carboxylic acids is 1. The number of piperazine rings is 1. The van der Waals surface area contributed by atoms with Gasteiger partial charge in [-0.05, 0) is 49.4 Å². The Morgan fingerprint density at radius 2 is 1.66 bits per heavy atom. The first-order valence-electron chi connectivity index (χ1n) is 21.6. The number of carbonyl (C=O) groups excluding carboxylic acids is 2. The average molecular weight is 848 g/mol. The van der Waals surface area contributed by atoms with Crippen LogP contribution in [0.2, 0.25) is 0 Å². The van der Waals surface area contributed by atoms with Crippen molar-refractivity contribution in [2.45, 2.75) is 91.9 Å². The second-order valence-corrected chi connectivity index (χ2v) is 15.7. The topological polar surface area (TPSA) is 217 Å². The number of nitrogens with zero attached hydrogens (tertiary/aromatic N) is 8. The normalized spacial score (nSPS) is 14.3. The molecule has 0 saturated carbocycles. The molecule has 0 radical (unpaired) electrons. The van der Waals surface area contributed by atoms with E-state index in [0.717, 1.165) is 69.0 Å². The maximum Gasteiger partial charge on any atom is 0.304 e. The van der Waals surface area contributed by atoms with Gasteiger partial charge in [0.05, 0.1) is 63.8 Å². The molecule has 1 aliphatic heterocycles. The molecule has 1 fully saturated rings. The van der Waals surface area contributed by atoms with Crippen LogP contribution < -0.4 is 16.4 Å². The first-order chi connectivity index (χ1) is 29.5. The van der Waals surface area contributed by atoms with Crippen molar-refractivity contribution in [3.63, 3.8) is 0 Å². The SMILES string of the molecule is CCCCCNc1nc(N)nc2ccn(Cc3ccc(CN4CCN(C(=O)CCCOCCOCCOCCn5cc(C(C)NC(=O)C(C)CC(=O)O)nn5)CC4)cc3C)c12. The summed E-state index contributed by atoms with van der Waals surface area (Å²) in [6, 6.07) is 8.31. The van der Waals surface area contributed by atoms with Crippen molar-refractivity contribution >= 4 is 40.6 Å². The summed E-state index contributed by atoms with van der Waals surface area (Å²) >= 11 is 0. The van der Waals surface area contributed by atoms with Gasteiger partial charge in [-0.15, -0.1) is 5.10 Å². The van der Waals surface area contributed by atoms with Gasteiger partial charge in [-0.3, -0.25) is 19.3 Å². The number of hydrogen-bond acceptors (Lipinski definition) is 13. The number of anilines is 2. The van der Waals surface area contributed by atoms with Gasteiger partial charge in [-0.2, -0.15) is 4.98 Å². The lowest BCUT2D eigenvalue weighted by Gasteiger charge is -2.35. The number of nitrogens with two attached hydrogens (primary N) is 1. The second-order valence-electron chi connectivity index (χ2n) is 15.7. The minimum atomic E-state index is -1.02. The third-order valence-electron chi connectivity index (χ3n) is 10.8. The maximum atomic E-state index is 12.9. The summed E-state index contributed by atoms with van der Waals surface area (Å²) in [5.41, 5.74) is 12.2. The first kappa shape index (κ1) is 46.9. The first-order valence-corrected chi connectivity index (χ1v) is 21.6. The predicted octanol–water partition coefficient (Wildman–Crippen LogP) is 4.03. The third kappa shape index (κ3) is 15.1. The van der Waals surface area contributed by atoms with Crippen LogP contribution in [-0.2, 0) is 48.2 Å². The minimum absolute atomic E-state index is 0.174.